The number of aromatic nitrogens is 5. The summed E-state index contributed by atoms with van der Waals surface area (Å²) in [5.74, 6) is 1.53. The second kappa shape index (κ2) is 7.32. The zero-order valence-electron chi connectivity index (χ0n) is 13.1. The Bertz CT molecular complexity index is 801. The first-order valence-corrected chi connectivity index (χ1v) is 7.32. The fraction of sp³-hybridized carbons (Fsp3) is 0.188. The number of ether oxygens (including phenoxy) is 1. The van der Waals surface area contributed by atoms with Crippen molar-refractivity contribution in [3.8, 4) is 17.3 Å². The van der Waals surface area contributed by atoms with Gasteiger partial charge in [0.2, 0.25) is 11.7 Å². The topological polar surface area (TPSA) is 106 Å². The molecule has 0 radical (unpaired) electrons. The molecular weight excluding hydrogens is 308 g/mol. The molecule has 8 heteroatoms. The fourth-order valence-electron chi connectivity index (χ4n) is 2.06. The standard InChI is InChI=1S/C16H16N6O2/c1-24-12-4-2-11(3-5-12)9-19-15(23)8-14-20-16(22-21-14)13-10-17-6-7-18-13/h2-7,10H,8-9H2,1H3,(H,19,23)(H,20,21,22). The minimum Gasteiger partial charge on any atom is -0.497 e. The molecule has 0 bridgehead atoms. The van der Waals surface area contributed by atoms with Crippen LogP contribution in [-0.4, -0.2) is 38.2 Å². The third-order valence-electron chi connectivity index (χ3n) is 3.30. The molecule has 2 N–H and O–H groups in total. The van der Waals surface area contributed by atoms with Crippen LogP contribution < -0.4 is 10.1 Å². The van der Waals surface area contributed by atoms with Gasteiger partial charge in [-0.1, -0.05) is 12.1 Å². The number of aromatic amines is 1. The van der Waals surface area contributed by atoms with Crippen LogP contribution in [0.5, 0.6) is 5.75 Å². The lowest BCUT2D eigenvalue weighted by Crippen LogP contribution is -2.25. The molecule has 0 aliphatic heterocycles. The second-order valence-electron chi connectivity index (χ2n) is 5.00. The highest BCUT2D eigenvalue weighted by Crippen LogP contribution is 2.11. The van der Waals surface area contributed by atoms with Gasteiger partial charge in [0.15, 0.2) is 0 Å². The molecule has 8 nitrogen and oxygen atoms in total. The highest BCUT2D eigenvalue weighted by Gasteiger charge is 2.10. The van der Waals surface area contributed by atoms with Gasteiger partial charge in [-0.15, -0.1) is 0 Å². The average molecular weight is 324 g/mol. The first-order chi connectivity index (χ1) is 11.7. The van der Waals surface area contributed by atoms with E-state index >= 15 is 0 Å². The van der Waals surface area contributed by atoms with Gasteiger partial charge in [-0.2, -0.15) is 5.10 Å². The predicted octanol–water partition coefficient (Wildman–Crippen LogP) is 1.13. The Labute approximate surface area is 138 Å². The monoisotopic (exact) mass is 324 g/mol. The summed E-state index contributed by atoms with van der Waals surface area (Å²) in [7, 11) is 1.61. The van der Waals surface area contributed by atoms with Crippen LogP contribution in [-0.2, 0) is 17.8 Å². The molecule has 122 valence electrons. The van der Waals surface area contributed by atoms with Crippen molar-refractivity contribution in [3.05, 3.63) is 54.2 Å². The lowest BCUT2D eigenvalue weighted by molar-refractivity contribution is -0.120. The van der Waals surface area contributed by atoms with Crippen LogP contribution in [0.15, 0.2) is 42.9 Å². The number of hydrogen-bond donors (Lipinski definition) is 2. The number of benzene rings is 1. The van der Waals surface area contributed by atoms with Crippen molar-refractivity contribution in [2.45, 2.75) is 13.0 Å². The van der Waals surface area contributed by atoms with Gasteiger partial charge < -0.3 is 10.1 Å². The quantitative estimate of drug-likeness (QED) is 0.704. The van der Waals surface area contributed by atoms with Gasteiger partial charge in [-0.05, 0) is 17.7 Å². The van der Waals surface area contributed by atoms with Crippen molar-refractivity contribution >= 4 is 5.91 Å². The van der Waals surface area contributed by atoms with E-state index in [2.05, 4.69) is 30.5 Å². The van der Waals surface area contributed by atoms with Crippen molar-refractivity contribution in [1.29, 1.82) is 0 Å². The van der Waals surface area contributed by atoms with E-state index in [1.165, 1.54) is 0 Å². The number of carbonyl (C=O) groups excluding carboxylic acids is 1. The minimum absolute atomic E-state index is 0.115. The number of methoxy groups -OCH3 is 1. The Kier molecular flexibility index (Phi) is 4.76. The van der Waals surface area contributed by atoms with E-state index in [0.717, 1.165) is 11.3 Å². The molecule has 0 unspecified atom stereocenters. The molecule has 0 spiro atoms. The maximum atomic E-state index is 12.0. The van der Waals surface area contributed by atoms with Crippen LogP contribution in [0.1, 0.15) is 11.4 Å². The first-order valence-electron chi connectivity index (χ1n) is 7.32. The summed E-state index contributed by atoms with van der Waals surface area (Å²) in [6.07, 6.45) is 4.82. The highest BCUT2D eigenvalue weighted by molar-refractivity contribution is 5.77. The van der Waals surface area contributed by atoms with E-state index in [-0.39, 0.29) is 12.3 Å². The van der Waals surface area contributed by atoms with Crippen LogP contribution in [0.3, 0.4) is 0 Å². The molecule has 2 aromatic heterocycles. The van der Waals surface area contributed by atoms with Crippen LogP contribution in [0.25, 0.3) is 11.5 Å². The molecule has 0 aliphatic rings. The Morgan fingerprint density at radius 3 is 2.79 bits per heavy atom. The molecule has 1 amide bonds. The zero-order chi connectivity index (χ0) is 16.8. The minimum atomic E-state index is -0.146. The van der Waals surface area contributed by atoms with E-state index in [0.29, 0.717) is 23.9 Å². The van der Waals surface area contributed by atoms with Crippen molar-refractivity contribution in [1.82, 2.24) is 30.5 Å². The molecule has 24 heavy (non-hydrogen) atoms. The number of carbonyl (C=O) groups is 1. The summed E-state index contributed by atoms with van der Waals surface area (Å²) >= 11 is 0. The largest absolute Gasteiger partial charge is 0.497 e. The third kappa shape index (κ3) is 3.92. The molecule has 3 aromatic rings. The smallest absolute Gasteiger partial charge is 0.227 e. The molecule has 0 atom stereocenters. The Balaban J connectivity index is 1.54. The number of rotatable bonds is 6. The van der Waals surface area contributed by atoms with Crippen molar-refractivity contribution < 1.29 is 9.53 Å². The summed E-state index contributed by atoms with van der Waals surface area (Å²) in [4.78, 5) is 24.3. The molecular formula is C16H16N6O2. The summed E-state index contributed by atoms with van der Waals surface area (Å²) in [6.45, 7) is 0.438. The van der Waals surface area contributed by atoms with E-state index in [4.69, 9.17) is 4.74 Å². The van der Waals surface area contributed by atoms with Crippen LogP contribution in [0.4, 0.5) is 0 Å². The molecule has 0 saturated heterocycles. The second-order valence-corrected chi connectivity index (χ2v) is 5.00. The maximum absolute atomic E-state index is 12.0. The van der Waals surface area contributed by atoms with E-state index in [9.17, 15) is 4.79 Å². The number of nitrogens with zero attached hydrogens (tertiary/aromatic N) is 4. The number of amides is 1. The van der Waals surface area contributed by atoms with Gasteiger partial charge >= 0.3 is 0 Å². The van der Waals surface area contributed by atoms with E-state index in [1.807, 2.05) is 24.3 Å². The Hall–Kier alpha value is -3.29. The van der Waals surface area contributed by atoms with Crippen LogP contribution in [0.2, 0.25) is 0 Å². The van der Waals surface area contributed by atoms with Gasteiger partial charge in [-0.25, -0.2) is 9.97 Å². The summed E-state index contributed by atoms with van der Waals surface area (Å²) in [5, 5.41) is 9.62. The lowest BCUT2D eigenvalue weighted by Gasteiger charge is -2.05. The molecule has 0 saturated carbocycles. The van der Waals surface area contributed by atoms with Gasteiger partial charge in [-0.3, -0.25) is 14.9 Å². The van der Waals surface area contributed by atoms with Crippen LogP contribution >= 0.6 is 0 Å². The fourth-order valence-corrected chi connectivity index (χ4v) is 2.06. The molecule has 3 rings (SSSR count). The third-order valence-corrected chi connectivity index (χ3v) is 3.30. The first kappa shape index (κ1) is 15.6. The Morgan fingerprint density at radius 2 is 2.08 bits per heavy atom. The van der Waals surface area contributed by atoms with Crippen LogP contribution in [0, 0.1) is 0 Å². The molecule has 0 fully saturated rings. The number of nitrogens with one attached hydrogen (secondary N) is 2. The average Bonchev–Trinajstić information content (AvgIpc) is 3.09. The molecule has 2 heterocycles. The van der Waals surface area contributed by atoms with Gasteiger partial charge in [0.05, 0.1) is 19.7 Å². The summed E-state index contributed by atoms with van der Waals surface area (Å²) < 4.78 is 5.10. The zero-order valence-corrected chi connectivity index (χ0v) is 13.1. The maximum Gasteiger partial charge on any atom is 0.227 e. The molecule has 1 aromatic carbocycles. The van der Waals surface area contributed by atoms with Gasteiger partial charge in [0.1, 0.15) is 17.3 Å². The van der Waals surface area contributed by atoms with Crippen molar-refractivity contribution in [3.63, 3.8) is 0 Å². The number of H-pyrrole nitrogens is 1. The van der Waals surface area contributed by atoms with Crippen molar-refractivity contribution in [2.24, 2.45) is 0 Å². The van der Waals surface area contributed by atoms with Gasteiger partial charge in [0, 0.05) is 18.9 Å². The van der Waals surface area contributed by atoms with Crippen molar-refractivity contribution in [2.75, 3.05) is 7.11 Å². The lowest BCUT2D eigenvalue weighted by atomic mass is 10.2. The van der Waals surface area contributed by atoms with E-state index < -0.39 is 0 Å². The van der Waals surface area contributed by atoms with E-state index in [1.54, 1.807) is 25.7 Å². The normalized spacial score (nSPS) is 10.4. The highest BCUT2D eigenvalue weighted by atomic mass is 16.5. The molecule has 0 aliphatic carbocycles. The predicted molar refractivity (Wildman–Crippen MR) is 86.0 cm³/mol. The Morgan fingerprint density at radius 1 is 1.25 bits per heavy atom. The SMILES string of the molecule is COc1ccc(CNC(=O)Cc2nc(-c3cnccn3)n[nH]2)cc1. The number of hydrogen-bond acceptors (Lipinski definition) is 6. The summed E-state index contributed by atoms with van der Waals surface area (Å²) in [6, 6.07) is 7.51. The summed E-state index contributed by atoms with van der Waals surface area (Å²) in [5.41, 5.74) is 1.54. The van der Waals surface area contributed by atoms with Gasteiger partial charge in [0.25, 0.3) is 0 Å².